The summed E-state index contributed by atoms with van der Waals surface area (Å²) in [5, 5.41) is 16.5. The van der Waals surface area contributed by atoms with Crippen LogP contribution in [0.2, 0.25) is 0 Å². The Morgan fingerprint density at radius 2 is 1.88 bits per heavy atom. The van der Waals surface area contributed by atoms with Gasteiger partial charge in [-0.05, 0) is 62.6 Å². The number of aromatic nitrogens is 4. The van der Waals surface area contributed by atoms with Crippen LogP contribution in [0.1, 0.15) is 64.1 Å². The van der Waals surface area contributed by atoms with Gasteiger partial charge in [-0.25, -0.2) is 0 Å². The number of piperidine rings is 1. The molecule has 3 fully saturated rings. The maximum atomic E-state index is 12.5. The number of nitrogens with zero attached hydrogens (tertiary/aromatic N) is 6. The van der Waals surface area contributed by atoms with Gasteiger partial charge >= 0.3 is 0 Å². The molecule has 1 saturated carbocycles. The van der Waals surface area contributed by atoms with E-state index >= 15 is 0 Å². The van der Waals surface area contributed by atoms with Crippen LogP contribution in [0.3, 0.4) is 0 Å². The van der Waals surface area contributed by atoms with Crippen LogP contribution in [0.25, 0.3) is 5.65 Å². The third kappa shape index (κ3) is 4.90. The highest BCUT2D eigenvalue weighted by molar-refractivity contribution is 5.76. The normalized spacial score (nSPS) is 23.4. The number of hydrogen-bond acceptors (Lipinski definition) is 6. The van der Waals surface area contributed by atoms with Crippen molar-refractivity contribution in [3.8, 4) is 0 Å². The van der Waals surface area contributed by atoms with Gasteiger partial charge in [-0.2, -0.15) is 4.52 Å². The van der Waals surface area contributed by atoms with E-state index in [1.165, 1.54) is 51.5 Å². The minimum atomic E-state index is 0.0993. The van der Waals surface area contributed by atoms with Gasteiger partial charge in [0.25, 0.3) is 0 Å². The van der Waals surface area contributed by atoms with E-state index < -0.39 is 0 Å². The van der Waals surface area contributed by atoms with Crippen LogP contribution in [-0.4, -0.2) is 69.4 Å². The summed E-state index contributed by atoms with van der Waals surface area (Å²) in [6.07, 6.45) is 10.1. The Kier molecular flexibility index (Phi) is 6.57. The van der Waals surface area contributed by atoms with Crippen molar-refractivity contribution in [2.75, 3.05) is 37.6 Å². The number of amides is 1. The van der Waals surface area contributed by atoms with Gasteiger partial charge in [0.05, 0.1) is 0 Å². The first-order chi connectivity index (χ1) is 15.7. The molecule has 3 aliphatic rings. The third-order valence-corrected chi connectivity index (χ3v) is 7.74. The molecule has 8 heteroatoms. The van der Waals surface area contributed by atoms with Crippen molar-refractivity contribution in [3.05, 3.63) is 18.0 Å². The van der Waals surface area contributed by atoms with Gasteiger partial charge in [-0.15, -0.1) is 15.3 Å². The maximum absolute atomic E-state index is 12.5. The third-order valence-electron chi connectivity index (χ3n) is 7.74. The fraction of sp³-hybridized carbons (Fsp3) is 0.750. The average molecular weight is 440 g/mol. The van der Waals surface area contributed by atoms with Gasteiger partial charge in [0.15, 0.2) is 11.5 Å². The number of likely N-dealkylation sites (tertiary alicyclic amines) is 1. The fourth-order valence-corrected chi connectivity index (χ4v) is 5.59. The Labute approximate surface area is 190 Å². The molecule has 1 amide bonds. The largest absolute Gasteiger partial charge is 0.356 e. The standard InChI is InChI=1S/C24H37N7O/c1-18-10-13-29(14-11-18)23-7-6-21-26-27-22(31(21)28-23)8-9-24(32)25-16-19-12-15-30(17-19)20-4-2-3-5-20/h6-7,18-20H,2-5,8-17H2,1H3,(H,25,32). The van der Waals surface area contributed by atoms with Crippen molar-refractivity contribution in [3.63, 3.8) is 0 Å². The molecule has 32 heavy (non-hydrogen) atoms. The number of anilines is 1. The first kappa shape index (κ1) is 21.6. The second-order valence-electron chi connectivity index (χ2n) is 10.1. The Hall–Kier alpha value is -2.22. The molecule has 2 saturated heterocycles. The molecule has 8 nitrogen and oxygen atoms in total. The molecular formula is C24H37N7O. The molecule has 1 N–H and O–H groups in total. The maximum Gasteiger partial charge on any atom is 0.220 e. The zero-order valence-electron chi connectivity index (χ0n) is 19.4. The minimum absolute atomic E-state index is 0.0993. The number of fused-ring (bicyclic) bond motifs is 1. The number of carbonyl (C=O) groups excluding carboxylic acids is 1. The monoisotopic (exact) mass is 439 g/mol. The van der Waals surface area contributed by atoms with E-state index in [1.807, 2.05) is 16.6 Å². The zero-order valence-corrected chi connectivity index (χ0v) is 19.4. The highest BCUT2D eigenvalue weighted by Crippen LogP contribution is 2.28. The van der Waals surface area contributed by atoms with E-state index in [9.17, 15) is 4.79 Å². The molecule has 174 valence electrons. The second-order valence-corrected chi connectivity index (χ2v) is 10.1. The lowest BCUT2D eigenvalue weighted by atomic mass is 9.99. The van der Waals surface area contributed by atoms with E-state index in [-0.39, 0.29) is 5.91 Å². The Bertz CT molecular complexity index is 914. The van der Waals surface area contributed by atoms with Crippen molar-refractivity contribution in [1.29, 1.82) is 0 Å². The summed E-state index contributed by atoms with van der Waals surface area (Å²) in [5.41, 5.74) is 0.743. The molecule has 0 spiro atoms. The lowest BCUT2D eigenvalue weighted by molar-refractivity contribution is -0.121. The predicted molar refractivity (Wildman–Crippen MR) is 125 cm³/mol. The van der Waals surface area contributed by atoms with Crippen molar-refractivity contribution in [2.45, 2.75) is 70.8 Å². The number of hydrogen-bond donors (Lipinski definition) is 1. The number of nitrogens with one attached hydrogen (secondary N) is 1. The lowest BCUT2D eigenvalue weighted by Gasteiger charge is -2.30. The summed E-state index contributed by atoms with van der Waals surface area (Å²) >= 11 is 0. The molecule has 2 aromatic rings. The van der Waals surface area contributed by atoms with Gasteiger partial charge in [0.1, 0.15) is 5.82 Å². The average Bonchev–Trinajstić information content (AvgIpc) is 3.57. The molecule has 5 rings (SSSR count). The van der Waals surface area contributed by atoms with Crippen LogP contribution in [0.5, 0.6) is 0 Å². The van der Waals surface area contributed by atoms with E-state index in [1.54, 1.807) is 0 Å². The zero-order chi connectivity index (χ0) is 21.9. The van der Waals surface area contributed by atoms with E-state index in [2.05, 4.69) is 32.2 Å². The van der Waals surface area contributed by atoms with Crippen LogP contribution in [0.4, 0.5) is 5.82 Å². The smallest absolute Gasteiger partial charge is 0.220 e. The first-order valence-corrected chi connectivity index (χ1v) is 12.6. The topological polar surface area (TPSA) is 78.7 Å². The predicted octanol–water partition coefficient (Wildman–Crippen LogP) is 2.67. The van der Waals surface area contributed by atoms with Crippen LogP contribution >= 0.6 is 0 Å². The summed E-state index contributed by atoms with van der Waals surface area (Å²) < 4.78 is 1.82. The second kappa shape index (κ2) is 9.73. The highest BCUT2D eigenvalue weighted by Gasteiger charge is 2.30. The van der Waals surface area contributed by atoms with Crippen LogP contribution < -0.4 is 10.2 Å². The van der Waals surface area contributed by atoms with E-state index in [0.717, 1.165) is 55.4 Å². The molecule has 1 aliphatic carbocycles. The lowest BCUT2D eigenvalue weighted by Crippen LogP contribution is -2.34. The molecule has 0 radical (unpaired) electrons. The van der Waals surface area contributed by atoms with Crippen molar-refractivity contribution < 1.29 is 4.79 Å². The molecular weight excluding hydrogens is 402 g/mol. The highest BCUT2D eigenvalue weighted by atomic mass is 16.1. The molecule has 1 unspecified atom stereocenters. The van der Waals surface area contributed by atoms with Crippen molar-refractivity contribution in [1.82, 2.24) is 30.0 Å². The number of rotatable bonds is 7. The minimum Gasteiger partial charge on any atom is -0.356 e. The van der Waals surface area contributed by atoms with Gasteiger partial charge in [-0.1, -0.05) is 19.8 Å². The molecule has 4 heterocycles. The first-order valence-electron chi connectivity index (χ1n) is 12.6. The Morgan fingerprint density at radius 3 is 2.69 bits per heavy atom. The summed E-state index contributed by atoms with van der Waals surface area (Å²) in [5.74, 6) is 3.21. The van der Waals surface area contributed by atoms with Crippen molar-refractivity contribution in [2.24, 2.45) is 11.8 Å². The van der Waals surface area contributed by atoms with Gasteiger partial charge < -0.3 is 15.1 Å². The van der Waals surface area contributed by atoms with Gasteiger partial charge in [-0.3, -0.25) is 4.79 Å². The van der Waals surface area contributed by atoms with Gasteiger partial charge in [0, 0.05) is 45.1 Å². The van der Waals surface area contributed by atoms with E-state index in [4.69, 9.17) is 5.10 Å². The van der Waals surface area contributed by atoms with Crippen LogP contribution in [-0.2, 0) is 11.2 Å². The Balaban J connectivity index is 1.11. The summed E-state index contributed by atoms with van der Waals surface area (Å²) in [4.78, 5) is 17.5. The molecule has 1 atom stereocenters. The fourth-order valence-electron chi connectivity index (χ4n) is 5.59. The molecule has 0 aromatic carbocycles. The molecule has 0 bridgehead atoms. The number of aryl methyl sites for hydroxylation is 1. The SMILES string of the molecule is CC1CCN(c2ccc3nnc(CCC(=O)NCC4CCN(C5CCCC5)C4)n3n2)CC1. The summed E-state index contributed by atoms with van der Waals surface area (Å²) in [6, 6.07) is 4.81. The Morgan fingerprint density at radius 1 is 1.06 bits per heavy atom. The van der Waals surface area contributed by atoms with Gasteiger partial charge in [0.2, 0.25) is 5.91 Å². The van der Waals surface area contributed by atoms with Crippen LogP contribution in [0, 0.1) is 11.8 Å². The quantitative estimate of drug-likeness (QED) is 0.715. The molecule has 2 aromatic heterocycles. The van der Waals surface area contributed by atoms with Crippen LogP contribution in [0.15, 0.2) is 12.1 Å². The molecule has 2 aliphatic heterocycles. The van der Waals surface area contributed by atoms with E-state index in [0.29, 0.717) is 18.8 Å². The number of carbonyl (C=O) groups is 1. The summed E-state index contributed by atoms with van der Waals surface area (Å²) in [6.45, 7) is 7.52. The van der Waals surface area contributed by atoms with Crippen molar-refractivity contribution >= 4 is 17.4 Å². The summed E-state index contributed by atoms with van der Waals surface area (Å²) in [7, 11) is 0.